The molecule has 6 nitrogen and oxygen atoms in total. The molecule has 36 heavy (non-hydrogen) atoms. The second kappa shape index (κ2) is 11.6. The number of cyclic esters (lactones) is 1. The van der Waals surface area contributed by atoms with E-state index < -0.39 is 23.1 Å². The van der Waals surface area contributed by atoms with Crippen molar-refractivity contribution in [2.75, 3.05) is 38.1 Å². The third-order valence-corrected chi connectivity index (χ3v) is 6.31. The van der Waals surface area contributed by atoms with Crippen LogP contribution >= 0.6 is 0 Å². The number of benzene rings is 2. The SMILES string of the molecule is CCN(C/C=N/N(C)/C=C/c1c(F)cc(F)c(F)c1C)CCC1(C)CN(c2ccc(C)cc2)C(=O)O1. The van der Waals surface area contributed by atoms with Gasteiger partial charge in [-0.2, -0.15) is 5.10 Å². The second-order valence-corrected chi connectivity index (χ2v) is 9.26. The summed E-state index contributed by atoms with van der Waals surface area (Å²) in [6.07, 6.45) is 4.87. The summed E-state index contributed by atoms with van der Waals surface area (Å²) in [5, 5.41) is 5.76. The largest absolute Gasteiger partial charge is 0.441 e. The number of hydrogen-bond donors (Lipinski definition) is 0. The fraction of sp³-hybridized carbons (Fsp3) is 0.407. The Bertz CT molecular complexity index is 1140. The van der Waals surface area contributed by atoms with Gasteiger partial charge in [-0.05, 0) is 51.1 Å². The lowest BCUT2D eigenvalue weighted by molar-refractivity contribution is 0.0570. The number of hydrazone groups is 1. The highest BCUT2D eigenvalue weighted by atomic mass is 19.2. The van der Waals surface area contributed by atoms with E-state index in [1.807, 2.05) is 45.0 Å². The summed E-state index contributed by atoms with van der Waals surface area (Å²) in [6.45, 7) is 9.81. The van der Waals surface area contributed by atoms with E-state index >= 15 is 0 Å². The molecule has 2 aromatic carbocycles. The molecule has 0 bridgehead atoms. The van der Waals surface area contributed by atoms with E-state index in [4.69, 9.17) is 4.74 Å². The average molecular weight is 503 g/mol. The molecule has 0 radical (unpaired) electrons. The van der Waals surface area contributed by atoms with Crippen LogP contribution in [0.5, 0.6) is 0 Å². The van der Waals surface area contributed by atoms with Gasteiger partial charge in [-0.25, -0.2) is 18.0 Å². The highest BCUT2D eigenvalue weighted by Gasteiger charge is 2.41. The monoisotopic (exact) mass is 502 g/mol. The zero-order chi connectivity index (χ0) is 26.5. The highest BCUT2D eigenvalue weighted by molar-refractivity contribution is 5.90. The number of ether oxygens (including phenoxy) is 1. The number of carbonyl (C=O) groups is 1. The first-order valence-electron chi connectivity index (χ1n) is 11.9. The minimum atomic E-state index is -1.21. The lowest BCUT2D eigenvalue weighted by Crippen LogP contribution is -2.37. The molecule has 1 aliphatic rings. The van der Waals surface area contributed by atoms with Crippen molar-refractivity contribution in [2.24, 2.45) is 5.10 Å². The fourth-order valence-corrected chi connectivity index (χ4v) is 3.96. The summed E-state index contributed by atoms with van der Waals surface area (Å²) in [7, 11) is 1.66. The molecule has 1 unspecified atom stereocenters. The summed E-state index contributed by atoms with van der Waals surface area (Å²) >= 11 is 0. The van der Waals surface area contributed by atoms with Crippen LogP contribution in [-0.4, -0.2) is 61.0 Å². The quantitative estimate of drug-likeness (QED) is 0.236. The molecule has 9 heteroatoms. The van der Waals surface area contributed by atoms with Crippen LogP contribution in [-0.2, 0) is 4.74 Å². The van der Waals surface area contributed by atoms with Gasteiger partial charge in [-0.15, -0.1) is 0 Å². The van der Waals surface area contributed by atoms with E-state index in [0.717, 1.165) is 17.8 Å². The zero-order valence-corrected chi connectivity index (χ0v) is 21.4. The van der Waals surface area contributed by atoms with Crippen molar-refractivity contribution in [3.63, 3.8) is 0 Å². The summed E-state index contributed by atoms with van der Waals surface area (Å²) in [6, 6.07) is 8.32. The molecule has 0 spiro atoms. The van der Waals surface area contributed by atoms with Gasteiger partial charge >= 0.3 is 6.09 Å². The van der Waals surface area contributed by atoms with Crippen LogP contribution in [0.1, 0.15) is 37.0 Å². The van der Waals surface area contributed by atoms with E-state index in [0.29, 0.717) is 32.1 Å². The van der Waals surface area contributed by atoms with Crippen molar-refractivity contribution in [1.29, 1.82) is 0 Å². The predicted octanol–water partition coefficient (Wildman–Crippen LogP) is 5.74. The van der Waals surface area contributed by atoms with Crippen molar-refractivity contribution in [2.45, 2.75) is 39.7 Å². The van der Waals surface area contributed by atoms with Crippen LogP contribution in [0.15, 0.2) is 41.6 Å². The first-order chi connectivity index (χ1) is 17.0. The number of hydrogen-bond acceptors (Lipinski definition) is 5. The van der Waals surface area contributed by atoms with Crippen LogP contribution in [0.4, 0.5) is 23.7 Å². The minimum absolute atomic E-state index is 0.0230. The Labute approximate surface area is 210 Å². The van der Waals surface area contributed by atoms with Crippen molar-refractivity contribution in [3.8, 4) is 0 Å². The molecule has 194 valence electrons. The Morgan fingerprint density at radius 1 is 1.17 bits per heavy atom. The smallest absolute Gasteiger partial charge is 0.415 e. The van der Waals surface area contributed by atoms with Crippen LogP contribution < -0.4 is 4.90 Å². The zero-order valence-electron chi connectivity index (χ0n) is 21.4. The van der Waals surface area contributed by atoms with Gasteiger partial charge in [0.15, 0.2) is 11.6 Å². The fourth-order valence-electron chi connectivity index (χ4n) is 3.96. The number of nitrogens with zero attached hydrogens (tertiary/aromatic N) is 4. The molecule has 1 amide bonds. The highest BCUT2D eigenvalue weighted by Crippen LogP contribution is 2.30. The summed E-state index contributed by atoms with van der Waals surface area (Å²) in [5.41, 5.74) is 1.23. The van der Waals surface area contributed by atoms with E-state index in [1.165, 1.54) is 24.2 Å². The maximum atomic E-state index is 14.0. The molecule has 1 fully saturated rings. The van der Waals surface area contributed by atoms with Crippen molar-refractivity contribution in [3.05, 3.63) is 70.7 Å². The van der Waals surface area contributed by atoms with Crippen molar-refractivity contribution < 1.29 is 22.7 Å². The number of anilines is 1. The van der Waals surface area contributed by atoms with E-state index in [2.05, 4.69) is 10.0 Å². The van der Waals surface area contributed by atoms with E-state index in [9.17, 15) is 18.0 Å². The number of halogens is 3. The summed E-state index contributed by atoms with van der Waals surface area (Å²) in [5.74, 6) is -3.11. The molecule has 1 heterocycles. The molecule has 0 aromatic heterocycles. The molecule has 3 rings (SSSR count). The first kappa shape index (κ1) is 27.3. The van der Waals surface area contributed by atoms with Crippen LogP contribution in [0.25, 0.3) is 6.08 Å². The Hall–Kier alpha value is -3.33. The Balaban J connectivity index is 1.52. The standard InChI is InChI=1S/C27H33F3N4O2/c1-6-33(15-12-27(4)18-34(26(35)36-27)21-9-7-19(2)8-10-21)16-13-31-32(5)14-11-22-20(3)25(30)24(29)17-23(22)28/h7-11,13-14,17H,6,12,15-16,18H2,1-5H3/b14-11+,31-13+. The van der Waals surface area contributed by atoms with Crippen LogP contribution in [0.3, 0.4) is 0 Å². The molecule has 1 atom stereocenters. The minimum Gasteiger partial charge on any atom is -0.441 e. The third-order valence-electron chi connectivity index (χ3n) is 6.31. The van der Waals surface area contributed by atoms with Gasteiger partial charge in [0.25, 0.3) is 0 Å². The number of amides is 1. The van der Waals surface area contributed by atoms with Gasteiger partial charge in [0, 0.05) is 56.3 Å². The number of rotatable bonds is 10. The maximum Gasteiger partial charge on any atom is 0.415 e. The predicted molar refractivity (Wildman–Crippen MR) is 136 cm³/mol. The van der Waals surface area contributed by atoms with E-state index in [1.54, 1.807) is 18.2 Å². The van der Waals surface area contributed by atoms with Gasteiger partial charge in [0.1, 0.15) is 11.4 Å². The van der Waals surface area contributed by atoms with Gasteiger partial charge in [0.2, 0.25) is 0 Å². The molecule has 1 saturated heterocycles. The Morgan fingerprint density at radius 3 is 2.53 bits per heavy atom. The second-order valence-electron chi connectivity index (χ2n) is 9.26. The topological polar surface area (TPSA) is 48.4 Å². The van der Waals surface area contributed by atoms with Crippen LogP contribution in [0.2, 0.25) is 0 Å². The molecule has 2 aromatic rings. The third kappa shape index (κ3) is 6.66. The molecular formula is C27H33F3N4O2. The number of aryl methyl sites for hydroxylation is 1. The van der Waals surface area contributed by atoms with Gasteiger partial charge < -0.3 is 4.74 Å². The molecule has 0 aliphatic carbocycles. The Morgan fingerprint density at radius 2 is 1.86 bits per heavy atom. The molecule has 1 aliphatic heterocycles. The lowest BCUT2D eigenvalue weighted by atomic mass is 10.0. The van der Waals surface area contributed by atoms with Crippen molar-refractivity contribution in [1.82, 2.24) is 9.91 Å². The molecule has 0 saturated carbocycles. The first-order valence-corrected chi connectivity index (χ1v) is 11.9. The molecular weight excluding hydrogens is 469 g/mol. The normalized spacial score (nSPS) is 18.1. The number of carbonyl (C=O) groups excluding carboxylic acids is 1. The summed E-state index contributed by atoms with van der Waals surface area (Å²) in [4.78, 5) is 16.3. The van der Waals surface area contributed by atoms with E-state index in [-0.39, 0.29) is 17.2 Å². The average Bonchev–Trinajstić information content (AvgIpc) is 3.14. The lowest BCUT2D eigenvalue weighted by Gasteiger charge is -2.26. The van der Waals surface area contributed by atoms with Crippen molar-refractivity contribution >= 4 is 24.1 Å². The molecule has 0 N–H and O–H groups in total. The summed E-state index contributed by atoms with van der Waals surface area (Å²) < 4.78 is 46.7. The van der Waals surface area contributed by atoms with Gasteiger partial charge in [0.05, 0.1) is 6.54 Å². The van der Waals surface area contributed by atoms with Gasteiger partial charge in [-0.1, -0.05) is 24.6 Å². The van der Waals surface area contributed by atoms with Crippen LogP contribution in [0, 0.1) is 31.3 Å². The van der Waals surface area contributed by atoms with Gasteiger partial charge in [-0.3, -0.25) is 14.8 Å². The maximum absolute atomic E-state index is 14.0. The Kier molecular flexibility index (Phi) is 8.79.